The van der Waals surface area contributed by atoms with Crippen LogP contribution in [0.4, 0.5) is 0 Å². The minimum absolute atomic E-state index is 0.203. The smallest absolute Gasteiger partial charge is 0.222 e. The second-order valence-corrected chi connectivity index (χ2v) is 7.64. The molecule has 0 bridgehead atoms. The summed E-state index contributed by atoms with van der Waals surface area (Å²) >= 11 is 0. The van der Waals surface area contributed by atoms with Gasteiger partial charge in [0, 0.05) is 25.9 Å². The van der Waals surface area contributed by atoms with Crippen molar-refractivity contribution in [1.82, 2.24) is 4.90 Å². The van der Waals surface area contributed by atoms with Crippen LogP contribution >= 0.6 is 0 Å². The minimum atomic E-state index is -0.203. The second kappa shape index (κ2) is 15.9. The molecule has 0 aromatic heterocycles. The molecule has 2 N–H and O–H groups in total. The Kier molecular flexibility index (Phi) is 13.9. The predicted octanol–water partition coefficient (Wildman–Crippen LogP) is 5.11. The van der Waals surface area contributed by atoms with Gasteiger partial charge in [-0.05, 0) is 38.5 Å². The van der Waals surface area contributed by atoms with E-state index in [0.717, 1.165) is 64.5 Å². The number of rotatable bonds is 8. The van der Waals surface area contributed by atoms with Crippen LogP contribution in [0.25, 0.3) is 0 Å². The van der Waals surface area contributed by atoms with Crippen molar-refractivity contribution in [1.29, 1.82) is 0 Å². The summed E-state index contributed by atoms with van der Waals surface area (Å²) in [6, 6.07) is 0. The zero-order valence-electron chi connectivity index (χ0n) is 16.7. The van der Waals surface area contributed by atoms with Gasteiger partial charge in [0.15, 0.2) is 0 Å². The maximum absolute atomic E-state index is 12.5. The van der Waals surface area contributed by atoms with Gasteiger partial charge in [-0.3, -0.25) is 9.59 Å². The average Bonchev–Trinajstić information content (AvgIpc) is 2.62. The van der Waals surface area contributed by atoms with E-state index in [1.54, 1.807) is 0 Å². The zero-order chi connectivity index (χ0) is 18.9. The van der Waals surface area contributed by atoms with E-state index in [1.165, 1.54) is 38.5 Å². The summed E-state index contributed by atoms with van der Waals surface area (Å²) < 4.78 is 0. The first-order chi connectivity index (χ1) is 12.7. The molecule has 4 nitrogen and oxygen atoms in total. The Morgan fingerprint density at radius 3 is 2.23 bits per heavy atom. The van der Waals surface area contributed by atoms with Gasteiger partial charge >= 0.3 is 0 Å². The fourth-order valence-corrected chi connectivity index (χ4v) is 3.54. The van der Waals surface area contributed by atoms with Crippen molar-refractivity contribution in [2.24, 2.45) is 5.73 Å². The number of hydrogen-bond acceptors (Lipinski definition) is 2. The summed E-state index contributed by atoms with van der Waals surface area (Å²) in [5.74, 6) is 0.115. The number of hydrogen-bond donors (Lipinski definition) is 1. The van der Waals surface area contributed by atoms with Gasteiger partial charge in [0.1, 0.15) is 0 Å². The first kappa shape index (κ1) is 22.7. The Morgan fingerprint density at radius 2 is 1.46 bits per heavy atom. The lowest BCUT2D eigenvalue weighted by atomic mass is 10.1. The number of carbonyl (C=O) groups is 2. The molecule has 1 aliphatic heterocycles. The second-order valence-electron chi connectivity index (χ2n) is 7.64. The number of amides is 2. The maximum Gasteiger partial charge on any atom is 0.222 e. The molecule has 0 spiro atoms. The number of unbranched alkanes of at least 4 members (excludes halogenated alkanes) is 4. The molecule has 0 atom stereocenters. The van der Waals surface area contributed by atoms with E-state index < -0.39 is 0 Å². The van der Waals surface area contributed by atoms with E-state index in [1.807, 2.05) is 0 Å². The predicted molar refractivity (Wildman–Crippen MR) is 109 cm³/mol. The Balaban J connectivity index is 2.29. The monoisotopic (exact) mass is 364 g/mol. The molecule has 0 radical (unpaired) electrons. The van der Waals surface area contributed by atoms with Crippen LogP contribution in [-0.4, -0.2) is 29.8 Å². The van der Waals surface area contributed by atoms with Crippen LogP contribution in [0, 0.1) is 0 Å². The van der Waals surface area contributed by atoms with Gasteiger partial charge in [-0.15, -0.1) is 0 Å². The molecule has 26 heavy (non-hydrogen) atoms. The van der Waals surface area contributed by atoms with Crippen LogP contribution in [-0.2, 0) is 9.59 Å². The molecule has 0 saturated heterocycles. The first-order valence-electron chi connectivity index (χ1n) is 10.9. The lowest BCUT2D eigenvalue weighted by Gasteiger charge is -2.23. The van der Waals surface area contributed by atoms with Gasteiger partial charge in [-0.1, -0.05) is 63.5 Å². The van der Waals surface area contributed by atoms with E-state index in [-0.39, 0.29) is 5.91 Å². The summed E-state index contributed by atoms with van der Waals surface area (Å²) in [7, 11) is 0. The van der Waals surface area contributed by atoms with E-state index in [2.05, 4.69) is 17.1 Å². The molecule has 1 rings (SSSR count). The zero-order valence-corrected chi connectivity index (χ0v) is 16.7. The molecule has 0 aromatic carbocycles. The third-order valence-corrected chi connectivity index (χ3v) is 5.19. The van der Waals surface area contributed by atoms with Crippen molar-refractivity contribution < 1.29 is 9.59 Å². The van der Waals surface area contributed by atoms with E-state index >= 15 is 0 Å². The Hall–Kier alpha value is -1.32. The van der Waals surface area contributed by atoms with Gasteiger partial charge in [0.05, 0.1) is 0 Å². The quantitative estimate of drug-likeness (QED) is 0.480. The van der Waals surface area contributed by atoms with E-state index in [0.29, 0.717) is 18.7 Å². The van der Waals surface area contributed by atoms with Gasteiger partial charge < -0.3 is 10.6 Å². The highest BCUT2D eigenvalue weighted by Crippen LogP contribution is 2.13. The third-order valence-electron chi connectivity index (χ3n) is 5.19. The Labute approximate surface area is 160 Å². The normalized spacial score (nSPS) is 19.5. The molecule has 4 heteroatoms. The lowest BCUT2D eigenvalue weighted by Crippen LogP contribution is -2.32. The van der Waals surface area contributed by atoms with Crippen LogP contribution in [0.15, 0.2) is 12.2 Å². The molecule has 1 heterocycles. The van der Waals surface area contributed by atoms with Crippen LogP contribution in [0.3, 0.4) is 0 Å². The highest BCUT2D eigenvalue weighted by atomic mass is 16.2. The van der Waals surface area contributed by atoms with Gasteiger partial charge in [-0.25, -0.2) is 0 Å². The van der Waals surface area contributed by atoms with Crippen LogP contribution in [0.1, 0.15) is 103 Å². The topological polar surface area (TPSA) is 63.4 Å². The number of primary amides is 1. The molecule has 0 aliphatic carbocycles. The number of nitrogens with zero attached hydrogens (tertiary/aromatic N) is 1. The Bertz CT molecular complexity index is 407. The highest BCUT2D eigenvalue weighted by Gasteiger charge is 2.12. The van der Waals surface area contributed by atoms with Gasteiger partial charge in [0.25, 0.3) is 0 Å². The standard InChI is InChI=1S/C22H40N2O2/c23-21(25)17-13-9-8-12-16-20-24-19-15-11-7-5-3-1-2-4-6-10-14-18-22(24)26/h6,10H,1-5,7-9,11-20H2,(H2,23,25)/b10-6+. The molecule has 0 fully saturated rings. The van der Waals surface area contributed by atoms with Gasteiger partial charge in [0.2, 0.25) is 11.8 Å². The molecule has 0 aromatic rings. The lowest BCUT2D eigenvalue weighted by molar-refractivity contribution is -0.131. The highest BCUT2D eigenvalue weighted by molar-refractivity contribution is 5.76. The summed E-state index contributed by atoms with van der Waals surface area (Å²) in [6.07, 6.45) is 21.9. The largest absolute Gasteiger partial charge is 0.370 e. The van der Waals surface area contributed by atoms with Crippen molar-refractivity contribution in [3.05, 3.63) is 12.2 Å². The number of allylic oxidation sites excluding steroid dienone is 2. The van der Waals surface area contributed by atoms with Gasteiger partial charge in [-0.2, -0.15) is 0 Å². The summed E-state index contributed by atoms with van der Waals surface area (Å²) in [5, 5.41) is 0. The molecular weight excluding hydrogens is 324 g/mol. The molecule has 0 saturated carbocycles. The summed E-state index contributed by atoms with van der Waals surface area (Å²) in [4.78, 5) is 25.4. The van der Waals surface area contributed by atoms with E-state index in [4.69, 9.17) is 5.73 Å². The summed E-state index contributed by atoms with van der Waals surface area (Å²) in [6.45, 7) is 1.81. The average molecular weight is 365 g/mol. The summed E-state index contributed by atoms with van der Waals surface area (Å²) in [5.41, 5.74) is 5.16. The molecule has 1 aliphatic rings. The molecule has 0 unspecified atom stereocenters. The fourth-order valence-electron chi connectivity index (χ4n) is 3.54. The van der Waals surface area contributed by atoms with Crippen LogP contribution in [0.2, 0.25) is 0 Å². The molecule has 2 amide bonds. The third kappa shape index (κ3) is 13.0. The molecule has 150 valence electrons. The van der Waals surface area contributed by atoms with Crippen molar-refractivity contribution >= 4 is 11.8 Å². The van der Waals surface area contributed by atoms with Crippen LogP contribution < -0.4 is 5.73 Å². The molecular formula is C22H40N2O2. The number of carbonyl (C=O) groups excluding carboxylic acids is 2. The van der Waals surface area contributed by atoms with Crippen LogP contribution in [0.5, 0.6) is 0 Å². The minimum Gasteiger partial charge on any atom is -0.370 e. The van der Waals surface area contributed by atoms with E-state index in [9.17, 15) is 9.59 Å². The van der Waals surface area contributed by atoms with Crippen molar-refractivity contribution in [2.45, 2.75) is 103 Å². The van der Waals surface area contributed by atoms with Crippen molar-refractivity contribution in [3.8, 4) is 0 Å². The van der Waals surface area contributed by atoms with Crippen molar-refractivity contribution in [3.63, 3.8) is 0 Å². The SMILES string of the molecule is NC(=O)CCCCCCCN1CCCCCCCCC/C=C/CCC1=O. The first-order valence-corrected chi connectivity index (χ1v) is 10.9. The maximum atomic E-state index is 12.5. The number of nitrogens with two attached hydrogens (primary N) is 1. The fraction of sp³-hybridized carbons (Fsp3) is 0.818. The van der Waals surface area contributed by atoms with Crippen molar-refractivity contribution in [2.75, 3.05) is 13.1 Å². The Morgan fingerprint density at radius 1 is 0.846 bits per heavy atom.